The van der Waals surface area contributed by atoms with E-state index in [0.29, 0.717) is 6.54 Å². The molecule has 0 aliphatic carbocycles. The number of rotatable bonds is 4. The predicted molar refractivity (Wildman–Crippen MR) is 89.1 cm³/mol. The fourth-order valence-corrected chi connectivity index (χ4v) is 2.00. The van der Waals surface area contributed by atoms with Gasteiger partial charge in [-0.25, -0.2) is 15.0 Å². The normalized spacial score (nSPS) is 12.3. The highest BCUT2D eigenvalue weighted by Crippen LogP contribution is 2.12. The van der Waals surface area contributed by atoms with Crippen LogP contribution in [0.2, 0.25) is 0 Å². The number of aliphatic imine (C=N–C) groups is 1. The van der Waals surface area contributed by atoms with Crippen molar-refractivity contribution >= 4 is 5.96 Å². The third kappa shape index (κ3) is 4.58. The summed E-state index contributed by atoms with van der Waals surface area (Å²) in [5.41, 5.74) is 1.01. The molecule has 0 radical (unpaired) electrons. The first-order chi connectivity index (χ1) is 10.5. The fraction of sp³-hybridized carbons (Fsp3) is 0.438. The summed E-state index contributed by atoms with van der Waals surface area (Å²) >= 11 is 0. The lowest BCUT2D eigenvalue weighted by Gasteiger charge is -2.23. The van der Waals surface area contributed by atoms with Crippen LogP contribution in [0.25, 0.3) is 5.82 Å². The molecule has 0 atom stereocenters. The monoisotopic (exact) mass is 300 g/mol. The highest BCUT2D eigenvalue weighted by molar-refractivity contribution is 5.80. The van der Waals surface area contributed by atoms with Crippen LogP contribution >= 0.6 is 0 Å². The summed E-state index contributed by atoms with van der Waals surface area (Å²) in [4.78, 5) is 13.2. The number of hydrogen-bond acceptors (Lipinski definition) is 3. The Morgan fingerprint density at radius 2 is 2.14 bits per heavy atom. The average Bonchev–Trinajstić information content (AvgIpc) is 2.98. The van der Waals surface area contributed by atoms with E-state index < -0.39 is 0 Å². The van der Waals surface area contributed by atoms with Gasteiger partial charge in [0, 0.05) is 36.2 Å². The van der Waals surface area contributed by atoms with E-state index in [0.717, 1.165) is 23.9 Å². The van der Waals surface area contributed by atoms with Crippen molar-refractivity contribution in [2.45, 2.75) is 39.8 Å². The molecule has 0 fully saturated rings. The number of hydrogen-bond donors (Lipinski definition) is 2. The van der Waals surface area contributed by atoms with Crippen molar-refractivity contribution in [3.8, 4) is 5.82 Å². The second kappa shape index (κ2) is 7.06. The number of nitrogens with one attached hydrogen (secondary N) is 2. The summed E-state index contributed by atoms with van der Waals surface area (Å²) in [6, 6.07) is 3.96. The van der Waals surface area contributed by atoms with Crippen LogP contribution in [-0.2, 0) is 6.54 Å². The van der Waals surface area contributed by atoms with Gasteiger partial charge in [0.1, 0.15) is 12.1 Å². The zero-order chi connectivity index (χ0) is 16.0. The lowest BCUT2D eigenvalue weighted by molar-refractivity contribution is 0.501. The van der Waals surface area contributed by atoms with E-state index in [9.17, 15) is 0 Å². The standard InChI is InChI=1S/C16H24N6/c1-5-18-15(21-16(2,3)4)20-11-13-7-6-8-19-14(13)22-10-9-17-12-22/h6-10,12H,5,11H2,1-4H3,(H2,18,20,21). The van der Waals surface area contributed by atoms with Gasteiger partial charge in [-0.05, 0) is 33.8 Å². The van der Waals surface area contributed by atoms with E-state index in [1.807, 2.05) is 22.9 Å². The fourth-order valence-electron chi connectivity index (χ4n) is 2.00. The van der Waals surface area contributed by atoms with Crippen LogP contribution in [0.1, 0.15) is 33.3 Å². The van der Waals surface area contributed by atoms with Gasteiger partial charge in [-0.1, -0.05) is 6.07 Å². The maximum absolute atomic E-state index is 4.66. The molecule has 2 N–H and O–H groups in total. The first kappa shape index (κ1) is 16.0. The first-order valence-electron chi connectivity index (χ1n) is 7.48. The predicted octanol–water partition coefficient (Wildman–Crippen LogP) is 2.12. The minimum Gasteiger partial charge on any atom is -0.357 e. The van der Waals surface area contributed by atoms with Crippen LogP contribution in [0.15, 0.2) is 42.0 Å². The number of pyridine rings is 1. The molecule has 0 bridgehead atoms. The minimum atomic E-state index is -0.0386. The highest BCUT2D eigenvalue weighted by Gasteiger charge is 2.12. The lowest BCUT2D eigenvalue weighted by Crippen LogP contribution is -2.47. The molecule has 2 rings (SSSR count). The van der Waals surface area contributed by atoms with Gasteiger partial charge in [-0.2, -0.15) is 0 Å². The van der Waals surface area contributed by atoms with E-state index in [1.165, 1.54) is 0 Å². The zero-order valence-corrected chi connectivity index (χ0v) is 13.7. The number of nitrogens with zero attached hydrogens (tertiary/aromatic N) is 4. The summed E-state index contributed by atoms with van der Waals surface area (Å²) in [5.74, 6) is 1.66. The zero-order valence-electron chi connectivity index (χ0n) is 13.7. The van der Waals surface area contributed by atoms with E-state index >= 15 is 0 Å². The van der Waals surface area contributed by atoms with Gasteiger partial charge in [-0.3, -0.25) is 4.57 Å². The molecule has 0 spiro atoms. The molecule has 0 unspecified atom stereocenters. The van der Waals surface area contributed by atoms with Crippen LogP contribution in [0.5, 0.6) is 0 Å². The summed E-state index contributed by atoms with van der Waals surface area (Å²) in [5, 5.41) is 6.64. The van der Waals surface area contributed by atoms with Crippen LogP contribution in [0.4, 0.5) is 0 Å². The molecule has 6 heteroatoms. The van der Waals surface area contributed by atoms with Crippen LogP contribution < -0.4 is 10.6 Å². The Morgan fingerprint density at radius 1 is 1.32 bits per heavy atom. The van der Waals surface area contributed by atoms with Gasteiger partial charge in [-0.15, -0.1) is 0 Å². The van der Waals surface area contributed by atoms with Crippen LogP contribution in [0, 0.1) is 0 Å². The molecule has 22 heavy (non-hydrogen) atoms. The first-order valence-corrected chi connectivity index (χ1v) is 7.48. The van der Waals surface area contributed by atoms with Crippen molar-refractivity contribution < 1.29 is 0 Å². The molecule has 2 aromatic heterocycles. The quantitative estimate of drug-likeness (QED) is 0.670. The van der Waals surface area contributed by atoms with Gasteiger partial charge >= 0.3 is 0 Å². The van der Waals surface area contributed by atoms with Crippen molar-refractivity contribution in [2.24, 2.45) is 4.99 Å². The lowest BCUT2D eigenvalue weighted by atomic mass is 10.1. The Balaban J connectivity index is 2.20. The molecular formula is C16H24N6. The van der Waals surface area contributed by atoms with E-state index in [1.54, 1.807) is 18.7 Å². The Hall–Kier alpha value is -2.37. The molecule has 2 heterocycles. The maximum atomic E-state index is 4.66. The van der Waals surface area contributed by atoms with E-state index in [-0.39, 0.29) is 5.54 Å². The Morgan fingerprint density at radius 3 is 2.77 bits per heavy atom. The Bertz CT molecular complexity index is 610. The molecule has 0 saturated carbocycles. The average molecular weight is 300 g/mol. The van der Waals surface area contributed by atoms with Crippen molar-refractivity contribution in [1.29, 1.82) is 0 Å². The topological polar surface area (TPSA) is 67.1 Å². The van der Waals surface area contributed by atoms with Gasteiger partial charge < -0.3 is 10.6 Å². The van der Waals surface area contributed by atoms with Crippen molar-refractivity contribution in [2.75, 3.05) is 6.54 Å². The van der Waals surface area contributed by atoms with E-state index in [2.05, 4.69) is 53.3 Å². The molecule has 0 aromatic carbocycles. The van der Waals surface area contributed by atoms with E-state index in [4.69, 9.17) is 0 Å². The smallest absolute Gasteiger partial charge is 0.191 e. The van der Waals surface area contributed by atoms with Crippen molar-refractivity contribution in [3.05, 3.63) is 42.6 Å². The van der Waals surface area contributed by atoms with Crippen LogP contribution in [0.3, 0.4) is 0 Å². The van der Waals surface area contributed by atoms with Gasteiger partial charge in [0.05, 0.1) is 6.54 Å². The van der Waals surface area contributed by atoms with Gasteiger partial charge in [0.2, 0.25) is 0 Å². The molecule has 0 aliphatic heterocycles. The Kier molecular flexibility index (Phi) is 5.14. The summed E-state index contributed by atoms with van der Waals surface area (Å²) in [6.07, 6.45) is 7.15. The molecule has 2 aromatic rings. The van der Waals surface area contributed by atoms with Gasteiger partial charge in [0.25, 0.3) is 0 Å². The molecular weight excluding hydrogens is 276 g/mol. The molecule has 0 saturated heterocycles. The Labute approximate surface area is 131 Å². The number of imidazole rings is 1. The summed E-state index contributed by atoms with van der Waals surface area (Å²) in [6.45, 7) is 9.76. The third-order valence-corrected chi connectivity index (χ3v) is 2.86. The number of guanidine groups is 1. The number of aromatic nitrogens is 3. The summed E-state index contributed by atoms with van der Waals surface area (Å²) in [7, 11) is 0. The highest BCUT2D eigenvalue weighted by atomic mass is 15.2. The van der Waals surface area contributed by atoms with Crippen molar-refractivity contribution in [3.63, 3.8) is 0 Å². The minimum absolute atomic E-state index is 0.0386. The molecule has 118 valence electrons. The molecule has 0 aliphatic rings. The van der Waals surface area contributed by atoms with Gasteiger partial charge in [0.15, 0.2) is 5.96 Å². The summed E-state index contributed by atoms with van der Waals surface area (Å²) < 4.78 is 1.90. The van der Waals surface area contributed by atoms with Crippen LogP contribution in [-0.4, -0.2) is 32.6 Å². The third-order valence-electron chi connectivity index (χ3n) is 2.86. The SMILES string of the molecule is CCNC(=NCc1cccnc1-n1ccnc1)NC(C)(C)C. The second-order valence-corrected chi connectivity index (χ2v) is 6.03. The maximum Gasteiger partial charge on any atom is 0.191 e. The largest absolute Gasteiger partial charge is 0.357 e. The van der Waals surface area contributed by atoms with Crippen molar-refractivity contribution in [1.82, 2.24) is 25.2 Å². The second-order valence-electron chi connectivity index (χ2n) is 6.03. The molecule has 0 amide bonds. The molecule has 6 nitrogen and oxygen atoms in total.